The summed E-state index contributed by atoms with van der Waals surface area (Å²) in [5.41, 5.74) is 8.74. The molecular formula is C22H25NO2. The summed E-state index contributed by atoms with van der Waals surface area (Å²) in [5.74, 6) is 0.00881. The van der Waals surface area contributed by atoms with Crippen molar-refractivity contribution in [1.82, 2.24) is 0 Å². The fourth-order valence-corrected chi connectivity index (χ4v) is 5.30. The lowest BCUT2D eigenvalue weighted by Crippen LogP contribution is -2.40. The van der Waals surface area contributed by atoms with Crippen molar-refractivity contribution in [3.05, 3.63) is 71.8 Å². The van der Waals surface area contributed by atoms with Gasteiger partial charge < -0.3 is 15.2 Å². The molecule has 25 heavy (non-hydrogen) atoms. The highest BCUT2D eigenvalue weighted by atomic mass is 16.8. The van der Waals surface area contributed by atoms with Crippen LogP contribution in [0.5, 0.6) is 0 Å². The van der Waals surface area contributed by atoms with Gasteiger partial charge in [0.25, 0.3) is 0 Å². The molecule has 2 N–H and O–H groups in total. The summed E-state index contributed by atoms with van der Waals surface area (Å²) >= 11 is 0. The first-order valence-corrected chi connectivity index (χ1v) is 9.39. The molecule has 3 aliphatic rings. The monoisotopic (exact) mass is 335 g/mol. The summed E-state index contributed by atoms with van der Waals surface area (Å²) < 4.78 is 13.5. The number of hydrogen-bond acceptors (Lipinski definition) is 3. The summed E-state index contributed by atoms with van der Waals surface area (Å²) in [6, 6.07) is 21.0. The highest BCUT2D eigenvalue weighted by Crippen LogP contribution is 2.65. The van der Waals surface area contributed by atoms with Crippen LogP contribution in [0.25, 0.3) is 0 Å². The molecule has 0 aromatic heterocycles. The van der Waals surface area contributed by atoms with E-state index in [1.807, 2.05) is 12.1 Å². The molecule has 2 aliphatic carbocycles. The quantitative estimate of drug-likeness (QED) is 0.906. The standard InChI is InChI=1S/C22H25NO2/c23-15-21-12-11-18(13-21)22(14-21)24-19(16-7-3-1-4-8-16)20(25-22)17-9-5-2-6-10-17/h1-10,18-20H,11-15,23H2/t18-,19+,20+,21-/m1/s1. The number of hydrogen-bond donors (Lipinski definition) is 1. The zero-order chi connectivity index (χ0) is 16.9. The molecule has 1 heterocycles. The SMILES string of the molecule is NC[C@]12CC[C@H](C1)C1(C2)O[C@@H](c2ccccc2)[C@H](c2ccccc2)O1. The van der Waals surface area contributed by atoms with E-state index in [4.69, 9.17) is 15.2 Å². The van der Waals surface area contributed by atoms with Gasteiger partial charge in [0.05, 0.1) is 0 Å². The Bertz CT molecular complexity index is 700. The van der Waals surface area contributed by atoms with Crippen LogP contribution < -0.4 is 5.73 Å². The van der Waals surface area contributed by atoms with Crippen LogP contribution in [0.15, 0.2) is 60.7 Å². The van der Waals surface area contributed by atoms with Crippen LogP contribution in [0.2, 0.25) is 0 Å². The number of rotatable bonds is 3. The Kier molecular flexibility index (Phi) is 3.53. The van der Waals surface area contributed by atoms with E-state index in [1.165, 1.54) is 24.0 Å². The van der Waals surface area contributed by atoms with Gasteiger partial charge in [-0.2, -0.15) is 0 Å². The van der Waals surface area contributed by atoms with Crippen molar-refractivity contribution in [2.45, 2.75) is 43.7 Å². The number of benzene rings is 2. The van der Waals surface area contributed by atoms with Gasteiger partial charge in [-0.3, -0.25) is 0 Å². The Balaban J connectivity index is 1.54. The van der Waals surface area contributed by atoms with Crippen molar-refractivity contribution in [2.24, 2.45) is 17.1 Å². The summed E-state index contributed by atoms with van der Waals surface area (Å²) in [4.78, 5) is 0. The number of fused-ring (bicyclic) bond motifs is 3. The third-order valence-electron chi connectivity index (χ3n) is 6.56. The second-order valence-corrected chi connectivity index (χ2v) is 8.03. The second kappa shape index (κ2) is 5.66. The minimum absolute atomic E-state index is 0.0576. The zero-order valence-electron chi connectivity index (χ0n) is 14.4. The van der Waals surface area contributed by atoms with Crippen molar-refractivity contribution in [3.8, 4) is 0 Å². The third kappa shape index (κ3) is 2.37. The fraction of sp³-hybridized carbons (Fsp3) is 0.455. The summed E-state index contributed by atoms with van der Waals surface area (Å²) in [6.45, 7) is 0.740. The summed E-state index contributed by atoms with van der Waals surface area (Å²) in [6.07, 6.45) is 4.35. The third-order valence-corrected chi connectivity index (χ3v) is 6.56. The second-order valence-electron chi connectivity index (χ2n) is 8.03. The molecule has 4 atom stereocenters. The van der Waals surface area contributed by atoms with Gasteiger partial charge in [-0.25, -0.2) is 0 Å². The largest absolute Gasteiger partial charge is 0.339 e. The molecule has 0 radical (unpaired) electrons. The minimum atomic E-state index is -0.460. The van der Waals surface area contributed by atoms with Gasteiger partial charge in [0, 0.05) is 12.3 Å². The van der Waals surface area contributed by atoms with Crippen LogP contribution in [-0.2, 0) is 9.47 Å². The van der Waals surface area contributed by atoms with Gasteiger partial charge in [-0.05, 0) is 42.3 Å². The first kappa shape index (κ1) is 15.6. The lowest BCUT2D eigenvalue weighted by molar-refractivity contribution is -0.212. The maximum atomic E-state index is 6.75. The molecular weight excluding hydrogens is 310 g/mol. The van der Waals surface area contributed by atoms with E-state index in [2.05, 4.69) is 48.5 Å². The van der Waals surface area contributed by atoms with E-state index in [0.29, 0.717) is 5.92 Å². The highest BCUT2D eigenvalue weighted by molar-refractivity contribution is 5.27. The van der Waals surface area contributed by atoms with E-state index in [0.717, 1.165) is 19.4 Å². The number of ether oxygens (including phenoxy) is 2. The van der Waals surface area contributed by atoms with Crippen molar-refractivity contribution in [2.75, 3.05) is 6.54 Å². The highest BCUT2D eigenvalue weighted by Gasteiger charge is 2.64. The zero-order valence-corrected chi connectivity index (χ0v) is 14.4. The average Bonchev–Trinajstić information content (AvgIpc) is 3.35. The molecule has 0 unspecified atom stereocenters. The Morgan fingerprint density at radius 3 is 1.92 bits per heavy atom. The molecule has 3 fully saturated rings. The lowest BCUT2D eigenvalue weighted by atomic mass is 9.82. The van der Waals surface area contributed by atoms with Crippen LogP contribution in [0.3, 0.4) is 0 Å². The van der Waals surface area contributed by atoms with E-state index in [9.17, 15) is 0 Å². The van der Waals surface area contributed by atoms with E-state index in [-0.39, 0.29) is 17.6 Å². The smallest absolute Gasteiger partial charge is 0.173 e. The summed E-state index contributed by atoms with van der Waals surface area (Å²) in [7, 11) is 0. The Morgan fingerprint density at radius 2 is 1.44 bits per heavy atom. The predicted octanol–water partition coefficient (Wildman–Crippen LogP) is 4.36. The molecule has 2 aromatic rings. The van der Waals surface area contributed by atoms with Gasteiger partial charge >= 0.3 is 0 Å². The molecule has 1 aliphatic heterocycles. The average molecular weight is 335 g/mol. The van der Waals surface area contributed by atoms with Gasteiger partial charge in [-0.1, -0.05) is 60.7 Å². The topological polar surface area (TPSA) is 44.5 Å². The maximum Gasteiger partial charge on any atom is 0.173 e. The van der Waals surface area contributed by atoms with Crippen molar-refractivity contribution in [1.29, 1.82) is 0 Å². The number of nitrogens with two attached hydrogens (primary N) is 1. The summed E-state index contributed by atoms with van der Waals surface area (Å²) in [5, 5.41) is 0. The molecule has 5 rings (SSSR count). The predicted molar refractivity (Wildman–Crippen MR) is 96.7 cm³/mol. The van der Waals surface area contributed by atoms with Crippen molar-refractivity contribution >= 4 is 0 Å². The molecule has 2 aromatic carbocycles. The Hall–Kier alpha value is -1.68. The molecule has 3 heteroatoms. The van der Waals surface area contributed by atoms with Crippen LogP contribution in [0.1, 0.15) is 49.0 Å². The maximum absolute atomic E-state index is 6.75. The molecule has 2 saturated carbocycles. The van der Waals surface area contributed by atoms with Crippen molar-refractivity contribution < 1.29 is 9.47 Å². The molecule has 0 amide bonds. The van der Waals surface area contributed by atoms with Crippen LogP contribution >= 0.6 is 0 Å². The van der Waals surface area contributed by atoms with Gasteiger partial charge in [0.2, 0.25) is 0 Å². The van der Waals surface area contributed by atoms with Crippen LogP contribution in [0.4, 0.5) is 0 Å². The van der Waals surface area contributed by atoms with Gasteiger partial charge in [0.15, 0.2) is 5.79 Å². The van der Waals surface area contributed by atoms with Crippen molar-refractivity contribution in [3.63, 3.8) is 0 Å². The van der Waals surface area contributed by atoms with Crippen LogP contribution in [-0.4, -0.2) is 12.3 Å². The van der Waals surface area contributed by atoms with Crippen LogP contribution in [0, 0.1) is 11.3 Å². The molecule has 130 valence electrons. The van der Waals surface area contributed by atoms with E-state index < -0.39 is 5.79 Å². The van der Waals surface area contributed by atoms with E-state index >= 15 is 0 Å². The molecule has 2 bridgehead atoms. The molecule has 1 spiro atoms. The normalized spacial score (nSPS) is 35.5. The minimum Gasteiger partial charge on any atom is -0.339 e. The fourth-order valence-electron chi connectivity index (χ4n) is 5.30. The molecule has 3 nitrogen and oxygen atoms in total. The van der Waals surface area contributed by atoms with Gasteiger partial charge in [0.1, 0.15) is 12.2 Å². The van der Waals surface area contributed by atoms with Gasteiger partial charge in [-0.15, -0.1) is 0 Å². The molecule has 1 saturated heterocycles. The first-order chi connectivity index (χ1) is 12.2. The lowest BCUT2D eigenvalue weighted by Gasteiger charge is -2.36. The van der Waals surface area contributed by atoms with E-state index in [1.54, 1.807) is 0 Å². The Morgan fingerprint density at radius 1 is 0.880 bits per heavy atom. The Labute approximate surface area is 149 Å². The first-order valence-electron chi connectivity index (χ1n) is 9.39.